The summed E-state index contributed by atoms with van der Waals surface area (Å²) in [6.45, 7) is 11.7. The van der Waals surface area contributed by atoms with Crippen LogP contribution >= 0.6 is 0 Å². The van der Waals surface area contributed by atoms with Crippen LogP contribution in [0.4, 0.5) is 4.79 Å². The zero-order valence-corrected chi connectivity index (χ0v) is 17.6. The molecular weight excluding hydrogens is 352 g/mol. The van der Waals surface area contributed by atoms with E-state index < -0.39 is 23.2 Å². The van der Waals surface area contributed by atoms with Crippen molar-refractivity contribution in [3.63, 3.8) is 0 Å². The van der Waals surface area contributed by atoms with Crippen LogP contribution in [-0.4, -0.2) is 73.8 Å². The minimum atomic E-state index is -0.736. The summed E-state index contributed by atoms with van der Waals surface area (Å²) < 4.78 is 16.1. The Bertz CT molecular complexity index is 535. The fourth-order valence-electron chi connectivity index (χ4n) is 2.54. The molecule has 1 aliphatic heterocycles. The van der Waals surface area contributed by atoms with Crippen LogP contribution in [0.5, 0.6) is 0 Å². The number of likely N-dealkylation sites (tertiary alicyclic amines) is 1. The maximum atomic E-state index is 12.6. The summed E-state index contributed by atoms with van der Waals surface area (Å²) in [5.74, 6) is -0.457. The van der Waals surface area contributed by atoms with E-state index in [0.717, 1.165) is 0 Å². The van der Waals surface area contributed by atoms with E-state index in [0.29, 0.717) is 19.6 Å². The van der Waals surface area contributed by atoms with Crippen molar-refractivity contribution in [1.29, 1.82) is 0 Å². The number of ketones is 1. The quantitative estimate of drug-likeness (QED) is 0.670. The van der Waals surface area contributed by atoms with E-state index in [1.54, 1.807) is 48.7 Å². The molecule has 0 aromatic carbocycles. The second-order valence-corrected chi connectivity index (χ2v) is 8.76. The molecule has 0 saturated carbocycles. The summed E-state index contributed by atoms with van der Waals surface area (Å²) in [5, 5.41) is 2.65. The second-order valence-electron chi connectivity index (χ2n) is 8.76. The molecular formula is C19H34N2O6. The summed E-state index contributed by atoms with van der Waals surface area (Å²) in [7, 11) is 1.58. The van der Waals surface area contributed by atoms with Crippen molar-refractivity contribution >= 4 is 17.8 Å². The van der Waals surface area contributed by atoms with Crippen LogP contribution < -0.4 is 5.32 Å². The largest absolute Gasteiger partial charge is 0.444 e. The third-order valence-corrected chi connectivity index (χ3v) is 4.09. The molecule has 0 radical (unpaired) electrons. The van der Waals surface area contributed by atoms with Gasteiger partial charge in [0.1, 0.15) is 11.6 Å². The number of ether oxygens (including phenoxy) is 3. The number of Topliss-reactive ketones (excluding diaryl/α,β-unsaturated/α-hetero) is 1. The standard InChI is InChI=1S/C19H34N2O6/c1-18(2,3)15(22)11-20-16(23)14-10-13(26-9-8-25-7)12-21(14)17(24)27-19(4,5)6/h13-14H,8-12H2,1-7H3,(H,20,23). The van der Waals surface area contributed by atoms with Crippen molar-refractivity contribution in [1.82, 2.24) is 10.2 Å². The monoisotopic (exact) mass is 386 g/mol. The molecule has 0 aromatic heterocycles. The molecule has 27 heavy (non-hydrogen) atoms. The first-order valence-electron chi connectivity index (χ1n) is 9.26. The third-order valence-electron chi connectivity index (χ3n) is 4.09. The lowest BCUT2D eigenvalue weighted by Gasteiger charge is -2.28. The zero-order valence-electron chi connectivity index (χ0n) is 17.6. The second kappa shape index (κ2) is 9.50. The van der Waals surface area contributed by atoms with Crippen LogP contribution in [0.25, 0.3) is 0 Å². The molecule has 1 N–H and O–H groups in total. The Balaban J connectivity index is 2.78. The van der Waals surface area contributed by atoms with E-state index in [1.165, 1.54) is 4.90 Å². The van der Waals surface area contributed by atoms with Gasteiger partial charge in [0.15, 0.2) is 5.78 Å². The molecule has 0 aromatic rings. The van der Waals surface area contributed by atoms with Crippen LogP contribution in [-0.2, 0) is 23.8 Å². The Hall–Kier alpha value is -1.67. The van der Waals surface area contributed by atoms with E-state index in [9.17, 15) is 14.4 Å². The number of hydrogen-bond acceptors (Lipinski definition) is 6. The Morgan fingerprint density at radius 1 is 1.07 bits per heavy atom. The first kappa shape index (κ1) is 23.4. The van der Waals surface area contributed by atoms with Gasteiger partial charge in [-0.05, 0) is 20.8 Å². The highest BCUT2D eigenvalue weighted by Crippen LogP contribution is 2.24. The minimum Gasteiger partial charge on any atom is -0.444 e. The highest BCUT2D eigenvalue weighted by atomic mass is 16.6. The number of amides is 2. The molecule has 0 bridgehead atoms. The maximum absolute atomic E-state index is 12.6. The molecule has 2 unspecified atom stereocenters. The van der Waals surface area contributed by atoms with E-state index in [-0.39, 0.29) is 30.9 Å². The lowest BCUT2D eigenvalue weighted by Crippen LogP contribution is -2.49. The van der Waals surface area contributed by atoms with Gasteiger partial charge in [-0.1, -0.05) is 20.8 Å². The predicted octanol–water partition coefficient (Wildman–Crippen LogP) is 1.76. The van der Waals surface area contributed by atoms with Crippen molar-refractivity contribution in [2.45, 2.75) is 65.7 Å². The molecule has 2 amide bonds. The van der Waals surface area contributed by atoms with Gasteiger partial charge in [0.05, 0.1) is 32.4 Å². The van der Waals surface area contributed by atoms with Gasteiger partial charge >= 0.3 is 6.09 Å². The number of hydrogen-bond donors (Lipinski definition) is 1. The summed E-state index contributed by atoms with van der Waals surface area (Å²) in [6, 6.07) is -0.736. The normalized spacial score (nSPS) is 20.5. The van der Waals surface area contributed by atoms with Crippen LogP contribution in [0.2, 0.25) is 0 Å². The van der Waals surface area contributed by atoms with Crippen molar-refractivity contribution < 1.29 is 28.6 Å². The summed E-state index contributed by atoms with van der Waals surface area (Å²) >= 11 is 0. The Labute approximate surface area is 161 Å². The maximum Gasteiger partial charge on any atom is 0.411 e. The topological polar surface area (TPSA) is 94.2 Å². The lowest BCUT2D eigenvalue weighted by atomic mass is 9.91. The number of carbonyl (C=O) groups excluding carboxylic acids is 3. The van der Waals surface area contributed by atoms with Crippen molar-refractivity contribution in [2.75, 3.05) is 33.4 Å². The predicted molar refractivity (Wildman–Crippen MR) is 100 cm³/mol. The SMILES string of the molecule is COCCOC1CC(C(=O)NCC(=O)C(C)(C)C)N(C(=O)OC(C)(C)C)C1. The number of carbonyl (C=O) groups is 3. The number of nitrogens with zero attached hydrogens (tertiary/aromatic N) is 1. The molecule has 8 heteroatoms. The Morgan fingerprint density at radius 3 is 2.22 bits per heavy atom. The molecule has 0 spiro atoms. The van der Waals surface area contributed by atoms with Crippen LogP contribution in [0, 0.1) is 5.41 Å². The van der Waals surface area contributed by atoms with Gasteiger partial charge in [-0.3, -0.25) is 14.5 Å². The Morgan fingerprint density at radius 2 is 1.70 bits per heavy atom. The van der Waals surface area contributed by atoms with E-state index >= 15 is 0 Å². The Kier molecular flexibility index (Phi) is 8.23. The highest BCUT2D eigenvalue weighted by molar-refractivity contribution is 5.92. The van der Waals surface area contributed by atoms with Crippen LogP contribution in [0.3, 0.4) is 0 Å². The van der Waals surface area contributed by atoms with Crippen LogP contribution in [0.1, 0.15) is 48.0 Å². The number of rotatable bonds is 7. The number of nitrogens with one attached hydrogen (secondary N) is 1. The molecule has 1 heterocycles. The summed E-state index contributed by atoms with van der Waals surface area (Å²) in [4.78, 5) is 38.6. The van der Waals surface area contributed by atoms with Crippen molar-refractivity contribution in [3.05, 3.63) is 0 Å². The molecule has 8 nitrogen and oxygen atoms in total. The van der Waals surface area contributed by atoms with Gasteiger partial charge in [-0.15, -0.1) is 0 Å². The molecule has 1 aliphatic rings. The van der Waals surface area contributed by atoms with E-state index in [4.69, 9.17) is 14.2 Å². The molecule has 0 aliphatic carbocycles. The van der Waals surface area contributed by atoms with Gasteiger partial charge in [0.25, 0.3) is 0 Å². The average molecular weight is 386 g/mol. The molecule has 1 saturated heterocycles. The molecule has 2 atom stereocenters. The first-order chi connectivity index (χ1) is 12.3. The van der Waals surface area contributed by atoms with Gasteiger partial charge in [0, 0.05) is 18.9 Å². The molecule has 1 rings (SSSR count). The third kappa shape index (κ3) is 7.84. The van der Waals surface area contributed by atoms with Crippen molar-refractivity contribution in [3.8, 4) is 0 Å². The van der Waals surface area contributed by atoms with Gasteiger partial charge in [-0.25, -0.2) is 4.79 Å². The average Bonchev–Trinajstić information content (AvgIpc) is 2.94. The first-order valence-corrected chi connectivity index (χ1v) is 9.26. The lowest BCUT2D eigenvalue weighted by molar-refractivity contribution is -0.130. The zero-order chi connectivity index (χ0) is 20.8. The molecule has 1 fully saturated rings. The molecule has 156 valence electrons. The summed E-state index contributed by atoms with van der Waals surface area (Å²) in [6.07, 6.45) is -0.511. The number of methoxy groups -OCH3 is 1. The van der Waals surface area contributed by atoms with Crippen LogP contribution in [0.15, 0.2) is 0 Å². The smallest absolute Gasteiger partial charge is 0.411 e. The van der Waals surface area contributed by atoms with Gasteiger partial charge < -0.3 is 19.5 Å². The minimum absolute atomic E-state index is 0.0732. The highest BCUT2D eigenvalue weighted by Gasteiger charge is 2.42. The van der Waals surface area contributed by atoms with Crippen molar-refractivity contribution in [2.24, 2.45) is 5.41 Å². The summed E-state index contributed by atoms with van der Waals surface area (Å²) in [5.41, 5.74) is -1.21. The fraction of sp³-hybridized carbons (Fsp3) is 0.842. The van der Waals surface area contributed by atoms with E-state index in [2.05, 4.69) is 5.32 Å². The van der Waals surface area contributed by atoms with Gasteiger partial charge in [0.2, 0.25) is 5.91 Å². The van der Waals surface area contributed by atoms with E-state index in [1.807, 2.05) is 0 Å². The fourth-order valence-corrected chi connectivity index (χ4v) is 2.54. The van der Waals surface area contributed by atoms with Gasteiger partial charge in [-0.2, -0.15) is 0 Å².